The third-order valence-electron chi connectivity index (χ3n) is 2.77. The normalized spacial score (nSPS) is 10.5. The second-order valence-electron chi connectivity index (χ2n) is 3.80. The molecule has 0 aliphatic heterocycles. The van der Waals surface area contributed by atoms with Crippen molar-refractivity contribution in [3.63, 3.8) is 0 Å². The van der Waals surface area contributed by atoms with E-state index in [-0.39, 0.29) is 0 Å². The third-order valence-corrected chi connectivity index (χ3v) is 2.77. The highest BCUT2D eigenvalue weighted by atomic mass is 16.5. The first-order valence-corrected chi connectivity index (χ1v) is 5.61. The van der Waals surface area contributed by atoms with Crippen molar-refractivity contribution in [1.82, 2.24) is 9.97 Å². The molecule has 0 aliphatic rings. The van der Waals surface area contributed by atoms with Gasteiger partial charge in [0.05, 0.1) is 18.9 Å². The van der Waals surface area contributed by atoms with Crippen molar-refractivity contribution in [2.75, 3.05) is 7.11 Å². The van der Waals surface area contributed by atoms with Crippen LogP contribution in [0.2, 0.25) is 0 Å². The molecule has 4 heteroatoms. The number of aromatic nitrogens is 2. The van der Waals surface area contributed by atoms with Gasteiger partial charge in [0.1, 0.15) is 17.3 Å². The van der Waals surface area contributed by atoms with Gasteiger partial charge in [0.15, 0.2) is 0 Å². The molecule has 0 saturated heterocycles. The van der Waals surface area contributed by atoms with Crippen LogP contribution in [0, 0.1) is 0 Å². The highest BCUT2D eigenvalue weighted by Crippen LogP contribution is 2.37. The van der Waals surface area contributed by atoms with Gasteiger partial charge in [-0.1, -0.05) is 12.1 Å². The van der Waals surface area contributed by atoms with E-state index < -0.39 is 0 Å². The Hall–Kier alpha value is -2.49. The molecule has 90 valence electrons. The summed E-state index contributed by atoms with van der Waals surface area (Å²) in [7, 11) is 1.65. The summed E-state index contributed by atoms with van der Waals surface area (Å²) in [5.41, 5.74) is 1.86. The maximum absolute atomic E-state index is 5.46. The van der Waals surface area contributed by atoms with Crippen LogP contribution in [-0.4, -0.2) is 17.1 Å². The number of hydrogen-bond acceptors (Lipinski definition) is 3. The third kappa shape index (κ3) is 1.68. The first-order chi connectivity index (χ1) is 8.90. The number of imidazole rings is 1. The van der Waals surface area contributed by atoms with Gasteiger partial charge in [-0.05, 0) is 18.2 Å². The van der Waals surface area contributed by atoms with Crippen molar-refractivity contribution in [2.45, 2.75) is 0 Å². The van der Waals surface area contributed by atoms with Gasteiger partial charge >= 0.3 is 0 Å². The average Bonchev–Trinajstić information content (AvgIpc) is 3.10. The number of H-pyrrole nitrogens is 1. The summed E-state index contributed by atoms with van der Waals surface area (Å²) >= 11 is 0. The van der Waals surface area contributed by atoms with Crippen molar-refractivity contribution in [2.24, 2.45) is 0 Å². The molecule has 0 bridgehead atoms. The smallest absolute Gasteiger partial charge is 0.141 e. The number of benzene rings is 1. The van der Waals surface area contributed by atoms with E-state index in [1.54, 1.807) is 25.8 Å². The monoisotopic (exact) mass is 240 g/mol. The van der Waals surface area contributed by atoms with Gasteiger partial charge in [0, 0.05) is 18.0 Å². The lowest BCUT2D eigenvalue weighted by molar-refractivity contribution is 0.416. The second-order valence-corrected chi connectivity index (χ2v) is 3.80. The number of methoxy groups -OCH3 is 1. The van der Waals surface area contributed by atoms with Gasteiger partial charge in [-0.3, -0.25) is 0 Å². The molecule has 0 amide bonds. The molecule has 0 saturated carbocycles. The van der Waals surface area contributed by atoms with E-state index in [1.165, 1.54) is 0 Å². The molecule has 18 heavy (non-hydrogen) atoms. The van der Waals surface area contributed by atoms with Crippen LogP contribution in [0.1, 0.15) is 0 Å². The molecule has 0 aliphatic carbocycles. The van der Waals surface area contributed by atoms with E-state index >= 15 is 0 Å². The Bertz CT molecular complexity index is 628. The molecule has 2 heterocycles. The standard InChI is InChI=1S/C14H12N2O2/c1-17-12-5-2-4-10(11-6-3-9-18-11)13(12)14-15-7-8-16-14/h2-9H,1H3,(H,15,16). The largest absolute Gasteiger partial charge is 0.496 e. The van der Waals surface area contributed by atoms with Crippen LogP contribution in [0.25, 0.3) is 22.7 Å². The van der Waals surface area contributed by atoms with Crippen molar-refractivity contribution < 1.29 is 9.15 Å². The Morgan fingerprint density at radius 2 is 2.17 bits per heavy atom. The topological polar surface area (TPSA) is 51.1 Å². The summed E-state index contributed by atoms with van der Waals surface area (Å²) in [6.45, 7) is 0. The molecule has 4 nitrogen and oxygen atoms in total. The molecular weight excluding hydrogens is 228 g/mol. The van der Waals surface area contributed by atoms with Crippen molar-refractivity contribution in [3.8, 4) is 28.5 Å². The quantitative estimate of drug-likeness (QED) is 0.763. The molecule has 3 aromatic rings. The number of nitrogens with zero attached hydrogens (tertiary/aromatic N) is 1. The van der Waals surface area contributed by atoms with Gasteiger partial charge < -0.3 is 14.1 Å². The molecule has 0 radical (unpaired) electrons. The second kappa shape index (κ2) is 4.41. The van der Waals surface area contributed by atoms with Crippen molar-refractivity contribution >= 4 is 0 Å². The van der Waals surface area contributed by atoms with Crippen molar-refractivity contribution in [1.29, 1.82) is 0 Å². The number of aromatic amines is 1. The molecule has 2 aromatic heterocycles. The molecule has 3 rings (SSSR count). The highest BCUT2D eigenvalue weighted by Gasteiger charge is 2.16. The lowest BCUT2D eigenvalue weighted by atomic mass is 10.0. The zero-order valence-electron chi connectivity index (χ0n) is 9.88. The average molecular weight is 240 g/mol. The SMILES string of the molecule is COc1cccc(-c2ccco2)c1-c1ncc[nH]1. The zero-order chi connectivity index (χ0) is 12.4. The van der Waals surface area contributed by atoms with Crippen LogP contribution in [0.4, 0.5) is 0 Å². The van der Waals surface area contributed by atoms with Gasteiger partial charge in [-0.25, -0.2) is 4.98 Å². The minimum Gasteiger partial charge on any atom is -0.496 e. The van der Waals surface area contributed by atoms with Gasteiger partial charge in [-0.2, -0.15) is 0 Å². The Kier molecular flexibility index (Phi) is 2.61. The molecule has 1 aromatic carbocycles. The number of rotatable bonds is 3. The highest BCUT2D eigenvalue weighted by molar-refractivity contribution is 5.82. The molecule has 0 unspecified atom stereocenters. The fourth-order valence-corrected chi connectivity index (χ4v) is 1.98. The van der Waals surface area contributed by atoms with Crippen LogP contribution >= 0.6 is 0 Å². The van der Waals surface area contributed by atoms with E-state index in [9.17, 15) is 0 Å². The van der Waals surface area contributed by atoms with Crippen LogP contribution in [-0.2, 0) is 0 Å². The fourth-order valence-electron chi connectivity index (χ4n) is 1.98. The lowest BCUT2D eigenvalue weighted by Gasteiger charge is -2.10. The van der Waals surface area contributed by atoms with Crippen LogP contribution in [0.5, 0.6) is 5.75 Å². The number of hydrogen-bond donors (Lipinski definition) is 1. The Labute approximate surface area is 104 Å². The number of nitrogens with one attached hydrogen (secondary N) is 1. The predicted molar refractivity (Wildman–Crippen MR) is 68.3 cm³/mol. The minimum absolute atomic E-state index is 0.763. The van der Waals surface area contributed by atoms with Crippen LogP contribution < -0.4 is 4.74 Å². The Morgan fingerprint density at radius 3 is 2.83 bits per heavy atom. The number of furan rings is 1. The summed E-state index contributed by atoms with van der Waals surface area (Å²) in [4.78, 5) is 7.39. The minimum atomic E-state index is 0.763. The molecule has 1 N–H and O–H groups in total. The summed E-state index contributed by atoms with van der Waals surface area (Å²) in [5, 5.41) is 0. The Balaban J connectivity index is 2.26. The zero-order valence-corrected chi connectivity index (χ0v) is 9.88. The van der Waals surface area contributed by atoms with E-state index in [1.807, 2.05) is 30.3 Å². The molecular formula is C14H12N2O2. The van der Waals surface area contributed by atoms with Crippen molar-refractivity contribution in [3.05, 3.63) is 49.0 Å². The molecule has 0 fully saturated rings. The van der Waals surface area contributed by atoms with Gasteiger partial charge in [0.25, 0.3) is 0 Å². The first-order valence-electron chi connectivity index (χ1n) is 5.61. The molecule has 0 atom stereocenters. The van der Waals surface area contributed by atoms with E-state index in [0.29, 0.717) is 0 Å². The first kappa shape index (κ1) is 10.7. The maximum Gasteiger partial charge on any atom is 0.141 e. The lowest BCUT2D eigenvalue weighted by Crippen LogP contribution is -1.92. The van der Waals surface area contributed by atoms with E-state index in [0.717, 1.165) is 28.5 Å². The van der Waals surface area contributed by atoms with E-state index in [2.05, 4.69) is 9.97 Å². The summed E-state index contributed by atoms with van der Waals surface area (Å²) in [5.74, 6) is 2.32. The Morgan fingerprint density at radius 1 is 1.22 bits per heavy atom. The number of ether oxygens (including phenoxy) is 1. The predicted octanol–water partition coefficient (Wildman–Crippen LogP) is 3.35. The fraction of sp³-hybridized carbons (Fsp3) is 0.0714. The van der Waals surface area contributed by atoms with Crippen LogP contribution in [0.3, 0.4) is 0 Å². The van der Waals surface area contributed by atoms with Gasteiger partial charge in [-0.15, -0.1) is 0 Å². The maximum atomic E-state index is 5.46. The summed E-state index contributed by atoms with van der Waals surface area (Å²) in [6, 6.07) is 9.61. The summed E-state index contributed by atoms with van der Waals surface area (Å²) in [6.07, 6.45) is 5.15. The van der Waals surface area contributed by atoms with E-state index in [4.69, 9.17) is 9.15 Å². The van der Waals surface area contributed by atoms with Crippen LogP contribution in [0.15, 0.2) is 53.4 Å². The summed E-state index contributed by atoms with van der Waals surface area (Å²) < 4.78 is 10.9. The molecule has 0 spiro atoms. The van der Waals surface area contributed by atoms with Gasteiger partial charge in [0.2, 0.25) is 0 Å².